The lowest BCUT2D eigenvalue weighted by Gasteiger charge is -2.17. The highest BCUT2D eigenvalue weighted by Gasteiger charge is 2.16. The first kappa shape index (κ1) is 16.9. The molecule has 140 valence electrons. The Bertz CT molecular complexity index is 1470. The highest BCUT2D eigenvalue weighted by molar-refractivity contribution is 6.21. The van der Waals surface area contributed by atoms with E-state index in [0.29, 0.717) is 0 Å². The topological polar surface area (TPSA) is 12.9 Å². The molecule has 0 unspecified atom stereocenters. The fraction of sp³-hybridized carbons (Fsp3) is 0. The number of pyridine rings is 1. The quantitative estimate of drug-likeness (QED) is 0.278. The number of benzene rings is 5. The summed E-state index contributed by atoms with van der Waals surface area (Å²) in [6, 6.07) is 36.8. The highest BCUT2D eigenvalue weighted by Crippen LogP contribution is 2.43. The fourth-order valence-corrected chi connectivity index (χ4v) is 4.59. The highest BCUT2D eigenvalue weighted by atomic mass is 14.6. The zero-order valence-electron chi connectivity index (χ0n) is 16.4. The summed E-state index contributed by atoms with van der Waals surface area (Å²) < 4.78 is 0. The largest absolute Gasteiger partial charge is 0.264 e. The van der Waals surface area contributed by atoms with Gasteiger partial charge in [0.2, 0.25) is 0 Å². The van der Waals surface area contributed by atoms with Crippen LogP contribution in [-0.2, 0) is 0 Å². The second-order valence-electron chi connectivity index (χ2n) is 7.64. The molecule has 0 aliphatic rings. The molecular weight excluding hydrogens is 362 g/mol. The van der Waals surface area contributed by atoms with Crippen molar-refractivity contribution in [3.8, 4) is 22.3 Å². The van der Waals surface area contributed by atoms with Crippen molar-refractivity contribution in [1.82, 2.24) is 4.98 Å². The van der Waals surface area contributed by atoms with Gasteiger partial charge in [0.25, 0.3) is 0 Å². The van der Waals surface area contributed by atoms with Gasteiger partial charge in [-0.05, 0) is 61.3 Å². The molecule has 1 nitrogen and oxygen atoms in total. The van der Waals surface area contributed by atoms with E-state index in [1.54, 1.807) is 0 Å². The minimum absolute atomic E-state index is 1.19. The summed E-state index contributed by atoms with van der Waals surface area (Å²) in [7, 11) is 0. The molecule has 0 aliphatic carbocycles. The van der Waals surface area contributed by atoms with Crippen LogP contribution in [0.5, 0.6) is 0 Å². The van der Waals surface area contributed by atoms with Gasteiger partial charge in [0.1, 0.15) is 0 Å². The zero-order valence-corrected chi connectivity index (χ0v) is 16.4. The molecule has 0 bridgehead atoms. The zero-order chi connectivity index (χ0) is 19.9. The van der Waals surface area contributed by atoms with Crippen molar-refractivity contribution in [3.05, 3.63) is 116 Å². The maximum Gasteiger partial charge on any atom is 0.0353 e. The van der Waals surface area contributed by atoms with Crippen LogP contribution < -0.4 is 0 Å². The van der Waals surface area contributed by atoms with Crippen LogP contribution in [0.3, 0.4) is 0 Å². The number of hydrogen-bond acceptors (Lipinski definition) is 1. The molecule has 5 aromatic carbocycles. The first-order valence-electron chi connectivity index (χ1n) is 10.2. The molecule has 0 amide bonds. The summed E-state index contributed by atoms with van der Waals surface area (Å²) in [6.45, 7) is 0. The van der Waals surface area contributed by atoms with Crippen molar-refractivity contribution in [2.24, 2.45) is 0 Å². The van der Waals surface area contributed by atoms with Crippen molar-refractivity contribution in [2.75, 3.05) is 0 Å². The third-order valence-electron chi connectivity index (χ3n) is 5.93. The summed E-state index contributed by atoms with van der Waals surface area (Å²) >= 11 is 0. The molecule has 0 N–H and O–H groups in total. The van der Waals surface area contributed by atoms with Crippen LogP contribution in [0.1, 0.15) is 0 Å². The molecule has 1 heteroatoms. The first-order chi connectivity index (χ1) is 14.9. The van der Waals surface area contributed by atoms with Gasteiger partial charge in [-0.3, -0.25) is 4.98 Å². The van der Waals surface area contributed by atoms with Crippen molar-refractivity contribution < 1.29 is 0 Å². The van der Waals surface area contributed by atoms with Crippen molar-refractivity contribution >= 4 is 32.3 Å². The molecule has 6 aromatic rings. The third kappa shape index (κ3) is 2.60. The van der Waals surface area contributed by atoms with E-state index in [1.807, 2.05) is 12.4 Å². The second kappa shape index (κ2) is 6.82. The first-order valence-corrected chi connectivity index (χ1v) is 10.2. The molecule has 1 aromatic heterocycles. The van der Waals surface area contributed by atoms with E-state index in [9.17, 15) is 0 Å². The van der Waals surface area contributed by atoms with Crippen LogP contribution in [0.25, 0.3) is 54.6 Å². The normalized spacial score (nSPS) is 11.3. The van der Waals surface area contributed by atoms with Crippen LogP contribution in [0.2, 0.25) is 0 Å². The Morgan fingerprint density at radius 3 is 1.87 bits per heavy atom. The molecule has 0 saturated heterocycles. The van der Waals surface area contributed by atoms with Crippen molar-refractivity contribution in [2.45, 2.75) is 0 Å². The maximum atomic E-state index is 4.50. The van der Waals surface area contributed by atoms with Crippen molar-refractivity contribution in [1.29, 1.82) is 0 Å². The standard InChI is InChI=1S/C29H19N/c1-2-9-21(10-3-1)28-24-12-6-7-13-25(24)29(27-19-30-17-16-26(27)28)23-15-14-20-8-4-5-11-22(20)18-23/h1-19H. The Hall–Kier alpha value is -3.97. The van der Waals surface area contributed by atoms with E-state index < -0.39 is 0 Å². The maximum absolute atomic E-state index is 4.50. The van der Waals surface area contributed by atoms with Gasteiger partial charge >= 0.3 is 0 Å². The number of hydrogen-bond donors (Lipinski definition) is 0. The predicted molar refractivity (Wildman–Crippen MR) is 128 cm³/mol. The van der Waals surface area contributed by atoms with Crippen LogP contribution in [0, 0.1) is 0 Å². The SMILES string of the molecule is c1ccc(-c2c3ccccc3c(-c3ccc4ccccc4c3)c3cnccc23)cc1. The van der Waals surface area contributed by atoms with Gasteiger partial charge in [0, 0.05) is 17.8 Å². The summed E-state index contributed by atoms with van der Waals surface area (Å²) in [5.41, 5.74) is 4.98. The van der Waals surface area contributed by atoms with Gasteiger partial charge in [-0.1, -0.05) is 91.0 Å². The molecule has 1 heterocycles. The van der Waals surface area contributed by atoms with E-state index in [-0.39, 0.29) is 0 Å². The summed E-state index contributed by atoms with van der Waals surface area (Å²) in [4.78, 5) is 4.50. The number of nitrogens with zero attached hydrogens (tertiary/aromatic N) is 1. The fourth-order valence-electron chi connectivity index (χ4n) is 4.59. The third-order valence-corrected chi connectivity index (χ3v) is 5.93. The molecule has 30 heavy (non-hydrogen) atoms. The lowest BCUT2D eigenvalue weighted by atomic mass is 9.86. The monoisotopic (exact) mass is 381 g/mol. The number of aromatic nitrogens is 1. The van der Waals surface area contributed by atoms with Crippen LogP contribution in [0.4, 0.5) is 0 Å². The van der Waals surface area contributed by atoms with E-state index >= 15 is 0 Å². The van der Waals surface area contributed by atoms with E-state index in [2.05, 4.69) is 108 Å². The Kier molecular flexibility index (Phi) is 3.85. The molecule has 0 aliphatic heterocycles. The van der Waals surface area contributed by atoms with Crippen LogP contribution in [-0.4, -0.2) is 4.98 Å². The second-order valence-corrected chi connectivity index (χ2v) is 7.64. The summed E-state index contributed by atoms with van der Waals surface area (Å²) in [5, 5.41) is 7.46. The molecule has 0 spiro atoms. The Morgan fingerprint density at radius 2 is 1.07 bits per heavy atom. The molecule has 0 fully saturated rings. The van der Waals surface area contributed by atoms with Gasteiger partial charge in [-0.15, -0.1) is 0 Å². The van der Waals surface area contributed by atoms with Crippen molar-refractivity contribution in [3.63, 3.8) is 0 Å². The average molecular weight is 381 g/mol. The van der Waals surface area contributed by atoms with Gasteiger partial charge in [-0.2, -0.15) is 0 Å². The Morgan fingerprint density at radius 1 is 0.433 bits per heavy atom. The Balaban J connectivity index is 1.79. The Labute approximate surface area is 175 Å². The van der Waals surface area contributed by atoms with Gasteiger partial charge in [0.15, 0.2) is 0 Å². The van der Waals surface area contributed by atoms with E-state index in [4.69, 9.17) is 0 Å². The summed E-state index contributed by atoms with van der Waals surface area (Å²) in [6.07, 6.45) is 3.91. The number of fused-ring (bicyclic) bond motifs is 3. The molecule has 0 saturated carbocycles. The molecule has 0 radical (unpaired) electrons. The average Bonchev–Trinajstić information content (AvgIpc) is 2.82. The van der Waals surface area contributed by atoms with Crippen LogP contribution in [0.15, 0.2) is 116 Å². The van der Waals surface area contributed by atoms with Gasteiger partial charge in [-0.25, -0.2) is 0 Å². The predicted octanol–water partition coefficient (Wildman–Crippen LogP) is 7.88. The molecule has 6 rings (SSSR count). The summed E-state index contributed by atoms with van der Waals surface area (Å²) in [5.74, 6) is 0. The molecular formula is C29H19N. The van der Waals surface area contributed by atoms with Gasteiger partial charge < -0.3 is 0 Å². The van der Waals surface area contributed by atoms with Crippen LogP contribution >= 0.6 is 0 Å². The lowest BCUT2D eigenvalue weighted by molar-refractivity contribution is 1.37. The minimum Gasteiger partial charge on any atom is -0.264 e. The van der Waals surface area contributed by atoms with E-state index in [0.717, 1.165) is 0 Å². The van der Waals surface area contributed by atoms with E-state index in [1.165, 1.54) is 54.6 Å². The number of rotatable bonds is 2. The molecule has 0 atom stereocenters. The minimum atomic E-state index is 1.19. The smallest absolute Gasteiger partial charge is 0.0353 e. The lowest BCUT2D eigenvalue weighted by Crippen LogP contribution is -1.91. The van der Waals surface area contributed by atoms with Gasteiger partial charge in [0.05, 0.1) is 0 Å².